The van der Waals surface area contributed by atoms with Gasteiger partial charge in [-0.05, 0) is 35.7 Å². The monoisotopic (exact) mass is 441 g/mol. The van der Waals surface area contributed by atoms with E-state index in [9.17, 15) is 9.50 Å². The predicted molar refractivity (Wildman–Crippen MR) is 101 cm³/mol. The molecule has 0 amide bonds. The fourth-order valence-electron chi connectivity index (χ4n) is 3.46. The van der Waals surface area contributed by atoms with Crippen molar-refractivity contribution in [3.05, 3.63) is 65.5 Å². The Kier molecular flexibility index (Phi) is 5.42. The van der Waals surface area contributed by atoms with Gasteiger partial charge >= 0.3 is 0 Å². The van der Waals surface area contributed by atoms with Crippen LogP contribution in [-0.4, -0.2) is 34.8 Å². The van der Waals surface area contributed by atoms with Crippen LogP contribution >= 0.6 is 22.6 Å². The lowest BCUT2D eigenvalue weighted by Crippen LogP contribution is -2.48. The van der Waals surface area contributed by atoms with Crippen molar-refractivity contribution in [1.29, 1.82) is 0 Å². The summed E-state index contributed by atoms with van der Waals surface area (Å²) in [5, 5.41) is 11.6. The average molecular weight is 441 g/mol. The Morgan fingerprint density at radius 1 is 1.29 bits per heavy atom. The molecule has 0 aliphatic carbocycles. The summed E-state index contributed by atoms with van der Waals surface area (Å²) in [6, 6.07) is 14.2. The van der Waals surface area contributed by atoms with E-state index in [4.69, 9.17) is 4.74 Å². The number of alkyl halides is 1. The number of hydrogen-bond donors (Lipinski definition) is 1. The van der Waals surface area contributed by atoms with Gasteiger partial charge in [-0.3, -0.25) is 4.90 Å². The minimum atomic E-state index is -1.11. The maximum absolute atomic E-state index is 14.5. The Morgan fingerprint density at radius 2 is 2.08 bits per heavy atom. The average Bonchev–Trinajstić information content (AvgIpc) is 2.63. The first-order chi connectivity index (χ1) is 11.6. The van der Waals surface area contributed by atoms with Crippen molar-refractivity contribution in [2.24, 2.45) is 0 Å². The van der Waals surface area contributed by atoms with Gasteiger partial charge in [0.15, 0.2) is 0 Å². The molecule has 2 aromatic carbocycles. The van der Waals surface area contributed by atoms with E-state index in [1.54, 1.807) is 19.2 Å². The molecule has 2 aromatic rings. The lowest BCUT2D eigenvalue weighted by atomic mass is 9.72. The van der Waals surface area contributed by atoms with Gasteiger partial charge in [-0.2, -0.15) is 0 Å². The van der Waals surface area contributed by atoms with Gasteiger partial charge in [0.05, 0.1) is 17.3 Å². The van der Waals surface area contributed by atoms with Crippen LogP contribution in [0.15, 0.2) is 48.5 Å². The van der Waals surface area contributed by atoms with E-state index in [2.05, 4.69) is 27.5 Å². The Labute approximate surface area is 155 Å². The van der Waals surface area contributed by atoms with Crippen LogP contribution in [0, 0.1) is 5.82 Å². The first-order valence-electron chi connectivity index (χ1n) is 7.98. The van der Waals surface area contributed by atoms with Gasteiger partial charge in [0.25, 0.3) is 0 Å². The summed E-state index contributed by atoms with van der Waals surface area (Å²) in [6.07, 6.45) is 0.558. The number of rotatable bonds is 4. The summed E-state index contributed by atoms with van der Waals surface area (Å²) in [5.41, 5.74) is 0.236. The molecular formula is C19H21FINO2. The number of halogens is 2. The van der Waals surface area contributed by atoms with Crippen LogP contribution in [0.5, 0.6) is 5.75 Å². The number of hydrogen-bond acceptors (Lipinski definition) is 3. The molecule has 2 unspecified atom stereocenters. The zero-order valence-corrected chi connectivity index (χ0v) is 15.7. The molecule has 2 atom stereocenters. The SMILES string of the molecule is COc1cccc(C2(O)CCN(CI)CC2c2ccccc2F)c1. The highest BCUT2D eigenvalue weighted by molar-refractivity contribution is 14.1. The molecule has 5 heteroatoms. The van der Waals surface area contributed by atoms with Crippen molar-refractivity contribution in [3.8, 4) is 5.75 Å². The highest BCUT2D eigenvalue weighted by Crippen LogP contribution is 2.44. The Hall–Kier alpha value is -1.18. The van der Waals surface area contributed by atoms with E-state index >= 15 is 0 Å². The highest BCUT2D eigenvalue weighted by Gasteiger charge is 2.44. The minimum Gasteiger partial charge on any atom is -0.497 e. The standard InChI is InChI=1S/C19H21FINO2/c1-24-15-6-4-5-14(11-15)19(23)9-10-22(13-21)12-17(19)16-7-2-3-8-18(16)20/h2-8,11,17,23H,9-10,12-13H2,1H3. The zero-order valence-electron chi connectivity index (χ0n) is 13.6. The number of ether oxygens (including phenoxy) is 1. The largest absolute Gasteiger partial charge is 0.497 e. The molecule has 0 bridgehead atoms. The van der Waals surface area contributed by atoms with Gasteiger partial charge in [0.1, 0.15) is 11.6 Å². The quantitative estimate of drug-likeness (QED) is 0.444. The van der Waals surface area contributed by atoms with Crippen LogP contribution in [0.2, 0.25) is 0 Å². The highest BCUT2D eigenvalue weighted by atomic mass is 127. The van der Waals surface area contributed by atoms with Crippen molar-refractivity contribution in [2.45, 2.75) is 17.9 Å². The van der Waals surface area contributed by atoms with Gasteiger partial charge in [-0.15, -0.1) is 0 Å². The molecule has 1 fully saturated rings. The Balaban J connectivity index is 2.07. The van der Waals surface area contributed by atoms with Crippen LogP contribution in [0.25, 0.3) is 0 Å². The second-order valence-electron chi connectivity index (χ2n) is 6.18. The van der Waals surface area contributed by atoms with Gasteiger partial charge in [-0.25, -0.2) is 4.39 Å². The molecule has 24 heavy (non-hydrogen) atoms. The fraction of sp³-hybridized carbons (Fsp3) is 0.368. The molecular weight excluding hydrogens is 420 g/mol. The third kappa shape index (κ3) is 3.30. The van der Waals surface area contributed by atoms with Crippen molar-refractivity contribution >= 4 is 22.6 Å². The minimum absolute atomic E-state index is 0.265. The van der Waals surface area contributed by atoms with Crippen molar-refractivity contribution in [3.63, 3.8) is 0 Å². The van der Waals surface area contributed by atoms with Gasteiger partial charge in [0.2, 0.25) is 0 Å². The summed E-state index contributed by atoms with van der Waals surface area (Å²) in [6.45, 7) is 1.40. The molecule has 3 rings (SSSR count). The zero-order chi connectivity index (χ0) is 17.2. The summed E-state index contributed by atoms with van der Waals surface area (Å²) in [4.78, 5) is 2.24. The van der Waals surface area contributed by atoms with E-state index in [0.29, 0.717) is 24.3 Å². The van der Waals surface area contributed by atoms with Crippen molar-refractivity contribution in [2.75, 3.05) is 24.8 Å². The number of methoxy groups -OCH3 is 1. The Morgan fingerprint density at radius 3 is 2.79 bits per heavy atom. The second kappa shape index (κ2) is 7.37. The van der Waals surface area contributed by atoms with Crippen LogP contribution < -0.4 is 4.74 Å². The van der Waals surface area contributed by atoms with E-state index in [1.165, 1.54) is 6.07 Å². The van der Waals surface area contributed by atoms with Crippen LogP contribution in [0.4, 0.5) is 4.39 Å². The van der Waals surface area contributed by atoms with Crippen LogP contribution in [0.1, 0.15) is 23.5 Å². The topological polar surface area (TPSA) is 32.7 Å². The van der Waals surface area contributed by atoms with E-state index in [0.717, 1.165) is 16.7 Å². The normalized spacial score (nSPS) is 24.8. The number of benzene rings is 2. The summed E-state index contributed by atoms with van der Waals surface area (Å²) in [7, 11) is 1.61. The first-order valence-corrected chi connectivity index (χ1v) is 9.50. The molecule has 0 spiro atoms. The van der Waals surface area contributed by atoms with E-state index in [1.807, 2.05) is 30.3 Å². The molecule has 3 nitrogen and oxygen atoms in total. The maximum Gasteiger partial charge on any atom is 0.126 e. The molecule has 1 heterocycles. The number of piperidine rings is 1. The first kappa shape index (κ1) is 17.6. The molecule has 1 N–H and O–H groups in total. The van der Waals surface area contributed by atoms with E-state index < -0.39 is 5.60 Å². The number of likely N-dealkylation sites (tertiary alicyclic amines) is 1. The van der Waals surface area contributed by atoms with Crippen molar-refractivity contribution in [1.82, 2.24) is 4.90 Å². The molecule has 1 saturated heterocycles. The molecule has 128 valence electrons. The van der Waals surface area contributed by atoms with Crippen molar-refractivity contribution < 1.29 is 14.2 Å². The lowest BCUT2D eigenvalue weighted by Gasteiger charge is -2.45. The lowest BCUT2D eigenvalue weighted by molar-refractivity contribution is -0.0435. The van der Waals surface area contributed by atoms with Crippen LogP contribution in [-0.2, 0) is 5.60 Å². The number of aliphatic hydroxyl groups is 1. The molecule has 0 aromatic heterocycles. The fourth-order valence-corrected chi connectivity index (χ4v) is 4.08. The van der Waals surface area contributed by atoms with Gasteiger partial charge in [0, 0.05) is 19.0 Å². The number of nitrogens with zero attached hydrogens (tertiary/aromatic N) is 1. The van der Waals surface area contributed by atoms with E-state index in [-0.39, 0.29) is 11.7 Å². The third-order valence-electron chi connectivity index (χ3n) is 4.85. The predicted octanol–water partition coefficient (Wildman–Crippen LogP) is 3.90. The second-order valence-corrected chi connectivity index (χ2v) is 6.86. The molecule has 1 aliphatic rings. The Bertz CT molecular complexity index is 711. The summed E-state index contributed by atoms with van der Waals surface area (Å²) in [5.74, 6) is 0.109. The molecule has 1 aliphatic heterocycles. The molecule has 0 saturated carbocycles. The van der Waals surface area contributed by atoms with Gasteiger partial charge in [-0.1, -0.05) is 52.9 Å². The smallest absolute Gasteiger partial charge is 0.126 e. The summed E-state index contributed by atoms with van der Waals surface area (Å²) < 4.78 is 20.6. The molecule has 0 radical (unpaired) electrons. The van der Waals surface area contributed by atoms with Crippen LogP contribution in [0.3, 0.4) is 0 Å². The summed E-state index contributed by atoms with van der Waals surface area (Å²) >= 11 is 2.31. The van der Waals surface area contributed by atoms with Gasteiger partial charge < -0.3 is 9.84 Å². The third-order valence-corrected chi connectivity index (χ3v) is 5.81. The maximum atomic E-state index is 14.5.